The fraction of sp³-hybridized carbons (Fsp3) is 0.680. The maximum atomic E-state index is 14.4. The van der Waals surface area contributed by atoms with Crippen molar-refractivity contribution in [2.24, 2.45) is 5.92 Å². The first kappa shape index (κ1) is 26.2. The largest absolute Gasteiger partial charge is 0.445 e. The van der Waals surface area contributed by atoms with E-state index in [9.17, 15) is 18.4 Å². The fourth-order valence-corrected chi connectivity index (χ4v) is 4.13. The summed E-state index contributed by atoms with van der Waals surface area (Å²) in [5.74, 6) is -2.69. The Morgan fingerprint density at radius 3 is 2.35 bits per heavy atom. The van der Waals surface area contributed by atoms with Crippen LogP contribution in [0.15, 0.2) is 30.3 Å². The summed E-state index contributed by atoms with van der Waals surface area (Å²) in [6.45, 7) is 6.56. The highest BCUT2D eigenvalue weighted by atomic mass is 19.3. The van der Waals surface area contributed by atoms with Gasteiger partial charge in [-0.15, -0.1) is 0 Å². The van der Waals surface area contributed by atoms with E-state index >= 15 is 0 Å². The number of alkyl halides is 2. The summed E-state index contributed by atoms with van der Waals surface area (Å²) in [5, 5.41) is 0. The summed E-state index contributed by atoms with van der Waals surface area (Å²) >= 11 is 0. The number of nitrogens with zero attached hydrogens (tertiary/aromatic N) is 2. The summed E-state index contributed by atoms with van der Waals surface area (Å²) < 4.78 is 45.0. The Morgan fingerprint density at radius 2 is 1.71 bits per heavy atom. The van der Waals surface area contributed by atoms with Crippen molar-refractivity contribution in [2.45, 2.75) is 70.7 Å². The zero-order chi connectivity index (χ0) is 24.8. The molecule has 2 aliphatic heterocycles. The van der Waals surface area contributed by atoms with Gasteiger partial charge in [0.15, 0.2) is 0 Å². The maximum Gasteiger partial charge on any atom is 0.410 e. The molecular weight excluding hydrogens is 446 g/mol. The highest BCUT2D eigenvalue weighted by Crippen LogP contribution is 2.32. The molecule has 3 rings (SSSR count). The Labute approximate surface area is 200 Å². The van der Waals surface area contributed by atoms with Gasteiger partial charge in [0.25, 0.3) is 5.92 Å². The van der Waals surface area contributed by atoms with Gasteiger partial charge in [0, 0.05) is 32.7 Å². The minimum atomic E-state index is -2.98. The van der Waals surface area contributed by atoms with Crippen molar-refractivity contribution in [1.82, 2.24) is 9.80 Å². The van der Waals surface area contributed by atoms with Crippen LogP contribution in [0.25, 0.3) is 0 Å². The van der Waals surface area contributed by atoms with E-state index < -0.39 is 30.1 Å². The van der Waals surface area contributed by atoms with Crippen LogP contribution in [-0.2, 0) is 20.8 Å². The van der Waals surface area contributed by atoms with Gasteiger partial charge in [0.2, 0.25) is 0 Å². The molecule has 0 aromatic heterocycles. The van der Waals surface area contributed by atoms with Gasteiger partial charge >= 0.3 is 12.2 Å². The third-order valence-electron chi connectivity index (χ3n) is 6.15. The van der Waals surface area contributed by atoms with Crippen molar-refractivity contribution in [3.63, 3.8) is 0 Å². The highest BCUT2D eigenvalue weighted by Gasteiger charge is 2.46. The van der Waals surface area contributed by atoms with Gasteiger partial charge in [-0.05, 0) is 51.5 Å². The molecule has 1 aromatic rings. The van der Waals surface area contributed by atoms with Crippen molar-refractivity contribution in [1.29, 1.82) is 0 Å². The third kappa shape index (κ3) is 7.82. The molecule has 1 atom stereocenters. The Morgan fingerprint density at radius 1 is 1.03 bits per heavy atom. The molecule has 0 bridgehead atoms. The number of amides is 2. The number of rotatable bonds is 6. The van der Waals surface area contributed by atoms with Gasteiger partial charge in [-0.1, -0.05) is 30.3 Å². The first-order chi connectivity index (χ1) is 16.0. The topological polar surface area (TPSA) is 68.3 Å². The molecule has 0 spiro atoms. The van der Waals surface area contributed by atoms with Crippen LogP contribution in [0.5, 0.6) is 0 Å². The SMILES string of the molecule is CC(C)(C)OC(=O)N1CCC(F)(F)C(OCCC2CCN(C(=O)OCc3ccccc3)CC2)C1. The van der Waals surface area contributed by atoms with E-state index in [4.69, 9.17) is 14.2 Å². The summed E-state index contributed by atoms with van der Waals surface area (Å²) in [4.78, 5) is 27.5. The zero-order valence-electron chi connectivity index (χ0n) is 20.3. The number of hydrogen-bond acceptors (Lipinski definition) is 5. The molecule has 7 nitrogen and oxygen atoms in total. The number of carbonyl (C=O) groups excluding carboxylic acids is 2. The van der Waals surface area contributed by atoms with Crippen LogP contribution in [0.2, 0.25) is 0 Å². The van der Waals surface area contributed by atoms with E-state index in [-0.39, 0.29) is 38.3 Å². The first-order valence-corrected chi connectivity index (χ1v) is 12.0. The van der Waals surface area contributed by atoms with E-state index in [0.29, 0.717) is 19.5 Å². The summed E-state index contributed by atoms with van der Waals surface area (Å²) in [6.07, 6.45) is -0.539. The Kier molecular flexibility index (Phi) is 8.73. The van der Waals surface area contributed by atoms with Crippen LogP contribution < -0.4 is 0 Å². The van der Waals surface area contributed by atoms with E-state index in [1.807, 2.05) is 30.3 Å². The molecule has 0 aliphatic carbocycles. The third-order valence-corrected chi connectivity index (χ3v) is 6.15. The predicted molar refractivity (Wildman–Crippen MR) is 123 cm³/mol. The Balaban J connectivity index is 1.37. The monoisotopic (exact) mass is 482 g/mol. The first-order valence-electron chi connectivity index (χ1n) is 12.0. The van der Waals surface area contributed by atoms with Gasteiger partial charge in [0.1, 0.15) is 18.3 Å². The molecule has 9 heteroatoms. The minimum absolute atomic E-state index is 0.0550. The van der Waals surface area contributed by atoms with E-state index in [2.05, 4.69) is 0 Å². The minimum Gasteiger partial charge on any atom is -0.445 e. The highest BCUT2D eigenvalue weighted by molar-refractivity contribution is 5.68. The molecule has 2 fully saturated rings. The molecule has 1 unspecified atom stereocenters. The lowest BCUT2D eigenvalue weighted by Gasteiger charge is -2.38. The maximum absolute atomic E-state index is 14.4. The van der Waals surface area contributed by atoms with Crippen LogP contribution in [-0.4, -0.2) is 72.4 Å². The fourth-order valence-electron chi connectivity index (χ4n) is 4.13. The second-order valence-corrected chi connectivity index (χ2v) is 10.1. The second-order valence-electron chi connectivity index (χ2n) is 10.1. The summed E-state index contributed by atoms with van der Waals surface area (Å²) in [6, 6.07) is 9.51. The molecule has 190 valence electrons. The predicted octanol–water partition coefficient (Wildman–Crippen LogP) is 5.09. The average Bonchev–Trinajstić information content (AvgIpc) is 2.78. The molecule has 0 saturated carbocycles. The number of likely N-dealkylation sites (tertiary alicyclic amines) is 2. The molecule has 2 amide bonds. The molecule has 1 aromatic carbocycles. The average molecular weight is 483 g/mol. The zero-order valence-corrected chi connectivity index (χ0v) is 20.3. The van der Waals surface area contributed by atoms with Crippen molar-refractivity contribution in [3.05, 3.63) is 35.9 Å². The van der Waals surface area contributed by atoms with Gasteiger partial charge in [-0.3, -0.25) is 0 Å². The number of ether oxygens (including phenoxy) is 3. The van der Waals surface area contributed by atoms with Crippen LogP contribution >= 0.6 is 0 Å². The van der Waals surface area contributed by atoms with Gasteiger partial charge in [-0.2, -0.15) is 0 Å². The molecule has 2 heterocycles. The number of halogens is 2. The lowest BCUT2D eigenvalue weighted by Crippen LogP contribution is -2.54. The van der Waals surface area contributed by atoms with Crippen LogP contribution in [0.3, 0.4) is 0 Å². The molecule has 0 N–H and O–H groups in total. The van der Waals surface area contributed by atoms with Crippen molar-refractivity contribution in [3.8, 4) is 0 Å². The number of carbonyl (C=O) groups is 2. The van der Waals surface area contributed by atoms with Gasteiger partial charge < -0.3 is 24.0 Å². The van der Waals surface area contributed by atoms with E-state index in [0.717, 1.165) is 18.4 Å². The normalized spacial score (nSPS) is 21.3. The number of benzene rings is 1. The molecule has 2 saturated heterocycles. The molecule has 34 heavy (non-hydrogen) atoms. The van der Waals surface area contributed by atoms with E-state index in [1.54, 1.807) is 25.7 Å². The van der Waals surface area contributed by atoms with Crippen molar-refractivity contribution < 1.29 is 32.6 Å². The summed E-state index contributed by atoms with van der Waals surface area (Å²) in [7, 11) is 0. The van der Waals surface area contributed by atoms with Gasteiger partial charge in [0.05, 0.1) is 6.54 Å². The quantitative estimate of drug-likeness (QED) is 0.565. The van der Waals surface area contributed by atoms with Crippen LogP contribution in [0, 0.1) is 5.92 Å². The number of hydrogen-bond donors (Lipinski definition) is 0. The molecular formula is C25H36F2N2O5. The number of piperidine rings is 2. The van der Waals surface area contributed by atoms with Crippen molar-refractivity contribution in [2.75, 3.05) is 32.8 Å². The molecule has 0 radical (unpaired) electrons. The lowest BCUT2D eigenvalue weighted by atomic mass is 9.94. The molecule has 2 aliphatic rings. The van der Waals surface area contributed by atoms with Crippen LogP contribution in [0.1, 0.15) is 52.0 Å². The Bertz CT molecular complexity index is 807. The van der Waals surface area contributed by atoms with E-state index in [1.165, 1.54) is 4.90 Å². The van der Waals surface area contributed by atoms with Gasteiger partial charge in [-0.25, -0.2) is 18.4 Å². The van der Waals surface area contributed by atoms with Crippen LogP contribution in [0.4, 0.5) is 18.4 Å². The Hall–Kier alpha value is -2.42. The van der Waals surface area contributed by atoms with Crippen molar-refractivity contribution >= 4 is 12.2 Å². The lowest BCUT2D eigenvalue weighted by molar-refractivity contribution is -0.170. The smallest absolute Gasteiger partial charge is 0.410 e. The standard InChI is InChI=1S/C25H36F2N2O5/c1-24(2,3)34-23(31)29-15-12-25(26,27)21(17-29)32-16-11-19-9-13-28(14-10-19)22(30)33-18-20-7-5-4-6-8-20/h4-8,19,21H,9-18H2,1-3H3. The summed E-state index contributed by atoms with van der Waals surface area (Å²) in [5.41, 5.74) is 0.253. The second kappa shape index (κ2) is 11.3.